The number of nitrogens with two attached hydrogens (primary N) is 1. The van der Waals surface area contributed by atoms with Gasteiger partial charge in [0, 0.05) is 25.9 Å². The van der Waals surface area contributed by atoms with Gasteiger partial charge in [-0.1, -0.05) is 0 Å². The molecule has 118 valence electrons. The van der Waals surface area contributed by atoms with Crippen molar-refractivity contribution in [2.75, 3.05) is 39.2 Å². The predicted molar refractivity (Wildman–Crippen MR) is 79.8 cm³/mol. The molecule has 0 radical (unpaired) electrons. The molecule has 21 heavy (non-hydrogen) atoms. The third-order valence-electron chi connectivity index (χ3n) is 2.95. The lowest BCUT2D eigenvalue weighted by molar-refractivity contribution is 0.0686. The zero-order chi connectivity index (χ0) is 15.7. The lowest BCUT2D eigenvalue weighted by atomic mass is 10.1. The zero-order valence-corrected chi connectivity index (χ0v) is 12.6. The van der Waals surface area contributed by atoms with Gasteiger partial charge in [0.15, 0.2) is 0 Å². The van der Waals surface area contributed by atoms with Crippen LogP contribution in [0.5, 0.6) is 0 Å². The van der Waals surface area contributed by atoms with Crippen molar-refractivity contribution in [2.45, 2.75) is 19.8 Å². The first-order valence-electron chi connectivity index (χ1n) is 6.96. The SMILES string of the molecule is COCCOCCCCNC(=O)c1cc(N)cc(C)c1F. The minimum Gasteiger partial charge on any atom is -0.399 e. The van der Waals surface area contributed by atoms with Crippen molar-refractivity contribution in [1.29, 1.82) is 0 Å². The number of hydrogen-bond acceptors (Lipinski definition) is 4. The number of methoxy groups -OCH3 is 1. The first kappa shape index (κ1) is 17.4. The molecule has 0 atom stereocenters. The van der Waals surface area contributed by atoms with Crippen molar-refractivity contribution in [3.63, 3.8) is 0 Å². The summed E-state index contributed by atoms with van der Waals surface area (Å²) in [5.74, 6) is -0.965. The standard InChI is InChI=1S/C15H23FN2O3/c1-11-9-12(17)10-13(14(11)16)15(19)18-5-3-4-6-21-8-7-20-2/h9-10H,3-8,17H2,1-2H3,(H,18,19). The number of ether oxygens (including phenoxy) is 2. The summed E-state index contributed by atoms with van der Waals surface area (Å²) in [6, 6.07) is 2.86. The number of halogens is 1. The number of rotatable bonds is 9. The smallest absolute Gasteiger partial charge is 0.254 e. The number of anilines is 1. The lowest BCUT2D eigenvalue weighted by Crippen LogP contribution is -2.26. The quantitative estimate of drug-likeness (QED) is 0.539. The number of nitrogen functional groups attached to an aromatic ring is 1. The average molecular weight is 298 g/mol. The second kappa shape index (κ2) is 9.31. The zero-order valence-electron chi connectivity index (χ0n) is 12.6. The van der Waals surface area contributed by atoms with E-state index in [-0.39, 0.29) is 5.56 Å². The summed E-state index contributed by atoms with van der Waals surface area (Å²) < 4.78 is 24.0. The summed E-state index contributed by atoms with van der Waals surface area (Å²) >= 11 is 0. The maximum absolute atomic E-state index is 13.8. The van der Waals surface area contributed by atoms with Gasteiger partial charge in [-0.3, -0.25) is 4.79 Å². The van der Waals surface area contributed by atoms with Crippen LogP contribution in [0.15, 0.2) is 12.1 Å². The highest BCUT2D eigenvalue weighted by molar-refractivity contribution is 5.95. The molecule has 1 amide bonds. The Hall–Kier alpha value is -1.66. The molecule has 0 fully saturated rings. The summed E-state index contributed by atoms with van der Waals surface area (Å²) in [7, 11) is 1.62. The van der Waals surface area contributed by atoms with Crippen LogP contribution in [0.2, 0.25) is 0 Å². The third-order valence-corrected chi connectivity index (χ3v) is 2.95. The Morgan fingerprint density at radius 3 is 2.76 bits per heavy atom. The molecule has 0 aliphatic carbocycles. The molecule has 1 rings (SSSR count). The lowest BCUT2D eigenvalue weighted by Gasteiger charge is -2.09. The summed E-state index contributed by atoms with van der Waals surface area (Å²) in [5, 5.41) is 2.68. The van der Waals surface area contributed by atoms with Crippen molar-refractivity contribution in [2.24, 2.45) is 0 Å². The van der Waals surface area contributed by atoms with E-state index in [2.05, 4.69) is 5.32 Å². The van der Waals surface area contributed by atoms with Gasteiger partial charge in [-0.15, -0.1) is 0 Å². The molecule has 1 aromatic carbocycles. The van der Waals surface area contributed by atoms with E-state index in [1.54, 1.807) is 14.0 Å². The van der Waals surface area contributed by atoms with Crippen molar-refractivity contribution in [3.05, 3.63) is 29.1 Å². The van der Waals surface area contributed by atoms with Gasteiger partial charge < -0.3 is 20.5 Å². The molecular formula is C15H23FN2O3. The van der Waals surface area contributed by atoms with E-state index < -0.39 is 11.7 Å². The Kier molecular flexibility index (Phi) is 7.71. The van der Waals surface area contributed by atoms with E-state index in [1.807, 2.05) is 0 Å². The van der Waals surface area contributed by atoms with Crippen LogP contribution in [-0.4, -0.2) is 39.4 Å². The maximum Gasteiger partial charge on any atom is 0.254 e. The van der Waals surface area contributed by atoms with E-state index >= 15 is 0 Å². The van der Waals surface area contributed by atoms with Crippen molar-refractivity contribution in [3.8, 4) is 0 Å². The summed E-state index contributed by atoms with van der Waals surface area (Å²) in [6.45, 7) is 3.81. The average Bonchev–Trinajstić information content (AvgIpc) is 2.45. The Bertz CT molecular complexity index is 466. The normalized spacial score (nSPS) is 10.6. The van der Waals surface area contributed by atoms with Gasteiger partial charge in [0.1, 0.15) is 5.82 Å². The van der Waals surface area contributed by atoms with Crippen molar-refractivity contribution < 1.29 is 18.7 Å². The van der Waals surface area contributed by atoms with Crippen molar-refractivity contribution >= 4 is 11.6 Å². The Balaban J connectivity index is 2.28. The molecule has 3 N–H and O–H groups in total. The van der Waals surface area contributed by atoms with Gasteiger partial charge in [0.05, 0.1) is 18.8 Å². The van der Waals surface area contributed by atoms with Gasteiger partial charge in [-0.25, -0.2) is 4.39 Å². The van der Waals surface area contributed by atoms with E-state index in [4.69, 9.17) is 15.2 Å². The van der Waals surface area contributed by atoms with Gasteiger partial charge >= 0.3 is 0 Å². The second-order valence-corrected chi connectivity index (χ2v) is 4.77. The molecule has 5 nitrogen and oxygen atoms in total. The van der Waals surface area contributed by atoms with E-state index in [0.717, 1.165) is 12.8 Å². The molecule has 0 spiro atoms. The molecule has 0 aromatic heterocycles. The molecule has 1 aromatic rings. The highest BCUT2D eigenvalue weighted by Crippen LogP contribution is 2.16. The summed E-state index contributed by atoms with van der Waals surface area (Å²) in [6.07, 6.45) is 1.59. The fourth-order valence-electron chi connectivity index (χ4n) is 1.83. The maximum atomic E-state index is 13.8. The number of carbonyl (C=O) groups excluding carboxylic acids is 1. The second-order valence-electron chi connectivity index (χ2n) is 4.77. The van der Waals surface area contributed by atoms with E-state index in [1.165, 1.54) is 12.1 Å². The van der Waals surface area contributed by atoms with Gasteiger partial charge in [0.2, 0.25) is 0 Å². The number of unbranched alkanes of at least 4 members (excludes halogenated alkanes) is 1. The summed E-state index contributed by atoms with van der Waals surface area (Å²) in [4.78, 5) is 11.9. The molecule has 0 saturated carbocycles. The number of benzene rings is 1. The Morgan fingerprint density at radius 1 is 1.29 bits per heavy atom. The Morgan fingerprint density at radius 2 is 2.05 bits per heavy atom. The monoisotopic (exact) mass is 298 g/mol. The minimum atomic E-state index is -0.524. The van der Waals surface area contributed by atoms with Crippen LogP contribution < -0.4 is 11.1 Å². The predicted octanol–water partition coefficient (Wildman–Crippen LogP) is 1.89. The Labute approximate surface area is 124 Å². The number of aryl methyl sites for hydroxylation is 1. The molecule has 0 aliphatic heterocycles. The number of nitrogens with one attached hydrogen (secondary N) is 1. The van der Waals surface area contributed by atoms with Crippen LogP contribution >= 0.6 is 0 Å². The molecule has 0 unspecified atom stereocenters. The number of carbonyl (C=O) groups is 1. The molecular weight excluding hydrogens is 275 g/mol. The van der Waals surface area contributed by atoms with Crippen LogP contribution in [0.1, 0.15) is 28.8 Å². The fraction of sp³-hybridized carbons (Fsp3) is 0.533. The highest BCUT2D eigenvalue weighted by atomic mass is 19.1. The summed E-state index contributed by atoms with van der Waals surface area (Å²) in [5.41, 5.74) is 6.36. The molecule has 0 aliphatic rings. The molecule has 0 heterocycles. The van der Waals surface area contributed by atoms with Gasteiger partial charge in [-0.05, 0) is 37.5 Å². The molecule has 0 bridgehead atoms. The highest BCUT2D eigenvalue weighted by Gasteiger charge is 2.14. The van der Waals surface area contributed by atoms with Crippen LogP contribution in [0.25, 0.3) is 0 Å². The first-order valence-corrected chi connectivity index (χ1v) is 6.96. The van der Waals surface area contributed by atoms with Crippen LogP contribution in [0.3, 0.4) is 0 Å². The van der Waals surface area contributed by atoms with E-state index in [0.29, 0.717) is 37.6 Å². The van der Waals surface area contributed by atoms with Gasteiger partial charge in [-0.2, -0.15) is 0 Å². The number of hydrogen-bond donors (Lipinski definition) is 2. The minimum absolute atomic E-state index is 0.0103. The fourth-order valence-corrected chi connectivity index (χ4v) is 1.83. The molecule has 6 heteroatoms. The third kappa shape index (κ3) is 6.10. The first-order chi connectivity index (χ1) is 10.1. The topological polar surface area (TPSA) is 73.6 Å². The largest absolute Gasteiger partial charge is 0.399 e. The van der Waals surface area contributed by atoms with Gasteiger partial charge in [0.25, 0.3) is 5.91 Å². The van der Waals surface area contributed by atoms with Crippen LogP contribution in [0, 0.1) is 12.7 Å². The van der Waals surface area contributed by atoms with Crippen molar-refractivity contribution in [1.82, 2.24) is 5.32 Å². The van der Waals surface area contributed by atoms with Crippen LogP contribution in [-0.2, 0) is 9.47 Å². The van der Waals surface area contributed by atoms with Crippen LogP contribution in [0.4, 0.5) is 10.1 Å². The van der Waals surface area contributed by atoms with E-state index in [9.17, 15) is 9.18 Å². The molecule has 0 saturated heterocycles. The number of amides is 1.